The summed E-state index contributed by atoms with van der Waals surface area (Å²) in [7, 11) is 2.15. The fourth-order valence-corrected chi connectivity index (χ4v) is 6.16. The number of aromatic nitrogens is 2. The van der Waals surface area contributed by atoms with Crippen molar-refractivity contribution in [3.63, 3.8) is 0 Å². The van der Waals surface area contributed by atoms with Crippen molar-refractivity contribution < 1.29 is 14.9 Å². The molecule has 2 atom stereocenters. The number of aromatic hydroxyl groups is 1. The zero-order valence-corrected chi connectivity index (χ0v) is 22.7. The number of nitrogens with zero attached hydrogens (tertiary/aromatic N) is 6. The molecule has 3 aromatic rings. The van der Waals surface area contributed by atoms with Gasteiger partial charge in [-0.15, -0.1) is 0 Å². The molecule has 2 fully saturated rings. The van der Waals surface area contributed by atoms with Crippen LogP contribution in [0.4, 0.5) is 11.5 Å². The van der Waals surface area contributed by atoms with Crippen molar-refractivity contribution in [2.24, 2.45) is 5.92 Å². The lowest BCUT2D eigenvalue weighted by molar-refractivity contribution is 0.0379. The van der Waals surface area contributed by atoms with E-state index in [0.717, 1.165) is 86.6 Å². The van der Waals surface area contributed by atoms with Crippen LogP contribution in [0.2, 0.25) is 0 Å². The Morgan fingerprint density at radius 2 is 1.90 bits per heavy atom. The second kappa shape index (κ2) is 11.0. The predicted octanol–water partition coefficient (Wildman–Crippen LogP) is 2.86. The smallest absolute Gasteiger partial charge is 0.318 e. The number of hydrogen-bond donors (Lipinski definition) is 2. The molecule has 1 aromatic heterocycles. The van der Waals surface area contributed by atoms with Gasteiger partial charge in [0.25, 0.3) is 0 Å². The average Bonchev–Trinajstić information content (AvgIpc) is 3.39. The summed E-state index contributed by atoms with van der Waals surface area (Å²) in [6.07, 6.45) is 2.88. The lowest BCUT2D eigenvalue weighted by atomic mass is 10.0. The maximum Gasteiger partial charge on any atom is 0.318 e. The number of likely N-dealkylation sites (tertiary alicyclic amines) is 1. The van der Waals surface area contributed by atoms with Crippen molar-refractivity contribution in [1.82, 2.24) is 19.8 Å². The molecule has 2 unspecified atom stereocenters. The van der Waals surface area contributed by atoms with E-state index in [1.54, 1.807) is 6.08 Å². The number of hydrogen-bond acceptors (Lipinski definition) is 9. The third kappa shape index (κ3) is 5.39. The summed E-state index contributed by atoms with van der Waals surface area (Å²) in [5.74, 6) is 1.70. The van der Waals surface area contributed by atoms with E-state index in [1.807, 2.05) is 35.2 Å². The number of rotatable bonds is 7. The van der Waals surface area contributed by atoms with E-state index in [2.05, 4.69) is 34.4 Å². The van der Waals surface area contributed by atoms with Gasteiger partial charge in [0.1, 0.15) is 17.8 Å². The highest BCUT2D eigenvalue weighted by Crippen LogP contribution is 2.36. The van der Waals surface area contributed by atoms with Gasteiger partial charge in [0.15, 0.2) is 0 Å². The Morgan fingerprint density at radius 1 is 1.08 bits per heavy atom. The van der Waals surface area contributed by atoms with Crippen molar-refractivity contribution in [3.8, 4) is 11.8 Å². The Morgan fingerprint density at radius 3 is 2.67 bits per heavy atom. The number of aliphatic hydroxyl groups excluding tert-OH is 1. The van der Waals surface area contributed by atoms with Crippen molar-refractivity contribution in [3.05, 3.63) is 60.3 Å². The molecule has 2 saturated heterocycles. The molecule has 2 aromatic carbocycles. The van der Waals surface area contributed by atoms with Gasteiger partial charge in [-0.1, -0.05) is 30.8 Å². The Bertz CT molecular complexity index is 1340. The molecule has 9 nitrogen and oxygen atoms in total. The zero-order valence-electron chi connectivity index (χ0n) is 22.7. The van der Waals surface area contributed by atoms with E-state index in [9.17, 15) is 10.2 Å². The number of phenolic OH excluding ortho intramolecular Hbond substituents is 1. The molecule has 39 heavy (non-hydrogen) atoms. The molecular weight excluding hydrogens is 492 g/mol. The third-order valence-electron chi connectivity index (χ3n) is 8.32. The highest BCUT2D eigenvalue weighted by molar-refractivity contribution is 5.95. The van der Waals surface area contributed by atoms with Crippen molar-refractivity contribution in [2.75, 3.05) is 69.3 Å². The van der Waals surface area contributed by atoms with Crippen LogP contribution in [0.3, 0.4) is 0 Å². The number of fused-ring (bicyclic) bond motifs is 2. The summed E-state index contributed by atoms with van der Waals surface area (Å²) >= 11 is 0. The van der Waals surface area contributed by atoms with Gasteiger partial charge in [0.2, 0.25) is 0 Å². The third-order valence-corrected chi connectivity index (χ3v) is 8.32. The summed E-state index contributed by atoms with van der Waals surface area (Å²) in [5, 5.41) is 22.8. The Labute approximate surface area is 229 Å². The minimum Gasteiger partial charge on any atom is -0.508 e. The van der Waals surface area contributed by atoms with Crippen LogP contribution in [0.1, 0.15) is 17.7 Å². The van der Waals surface area contributed by atoms with Crippen molar-refractivity contribution in [2.45, 2.75) is 25.6 Å². The number of phenols is 1. The van der Waals surface area contributed by atoms with Crippen LogP contribution in [-0.4, -0.2) is 95.7 Å². The van der Waals surface area contributed by atoms with Crippen LogP contribution in [0.25, 0.3) is 10.8 Å². The molecule has 0 radical (unpaired) electrons. The normalized spacial score (nSPS) is 21.2. The monoisotopic (exact) mass is 530 g/mol. The molecule has 3 aliphatic heterocycles. The lowest BCUT2D eigenvalue weighted by Gasteiger charge is -2.39. The average molecular weight is 531 g/mol. The molecule has 0 bridgehead atoms. The molecule has 3 aliphatic rings. The van der Waals surface area contributed by atoms with Crippen LogP contribution >= 0.6 is 0 Å². The van der Waals surface area contributed by atoms with Crippen molar-refractivity contribution >= 4 is 22.3 Å². The number of ether oxygens (including phenoxy) is 1. The number of benzene rings is 2. The Kier molecular flexibility index (Phi) is 7.29. The first kappa shape index (κ1) is 25.9. The van der Waals surface area contributed by atoms with E-state index in [1.165, 1.54) is 5.56 Å². The van der Waals surface area contributed by atoms with E-state index < -0.39 is 6.23 Å². The van der Waals surface area contributed by atoms with Gasteiger partial charge in [0, 0.05) is 67.9 Å². The van der Waals surface area contributed by atoms with E-state index in [4.69, 9.17) is 14.7 Å². The molecular formula is C30H38N6O3. The number of piperazine rings is 1. The minimum atomic E-state index is -0.624. The molecule has 4 heterocycles. The SMILES string of the molecule is C=CC(O)N1CCN(c2nc(OCC3CCN(C)C3)nc3c2CCN(c2cc(O)cc4ccccc24)C3)CC1. The quantitative estimate of drug-likeness (QED) is 0.448. The van der Waals surface area contributed by atoms with E-state index in [0.29, 0.717) is 25.1 Å². The standard InChI is InChI=1S/C30H38N6O3/c1-3-28(38)34-12-14-35(15-13-34)29-25-9-11-36(27-17-23(37)16-22-6-4-5-7-24(22)27)19-26(25)31-30(32-29)39-20-21-8-10-33(2)18-21/h3-7,16-17,21,28,37-38H,1,8-15,18-20H2,2H3. The summed E-state index contributed by atoms with van der Waals surface area (Å²) in [6, 6.07) is 12.3. The van der Waals surface area contributed by atoms with Crippen LogP contribution < -0.4 is 14.5 Å². The molecule has 9 heteroatoms. The largest absolute Gasteiger partial charge is 0.508 e. The maximum absolute atomic E-state index is 10.5. The summed E-state index contributed by atoms with van der Waals surface area (Å²) < 4.78 is 6.25. The Balaban J connectivity index is 1.30. The topological polar surface area (TPSA) is 88.4 Å². The molecule has 6 rings (SSSR count). The molecule has 206 valence electrons. The number of aliphatic hydroxyl groups is 1. The maximum atomic E-state index is 10.5. The second-order valence-corrected chi connectivity index (χ2v) is 11.0. The van der Waals surface area contributed by atoms with Gasteiger partial charge >= 0.3 is 6.01 Å². The van der Waals surface area contributed by atoms with Crippen LogP contribution in [0.15, 0.2) is 49.1 Å². The fourth-order valence-electron chi connectivity index (χ4n) is 6.16. The molecule has 0 saturated carbocycles. The Hall–Kier alpha value is -3.40. The van der Waals surface area contributed by atoms with Gasteiger partial charge < -0.3 is 29.6 Å². The first-order valence-electron chi connectivity index (χ1n) is 14.0. The van der Waals surface area contributed by atoms with Crippen LogP contribution in [0.5, 0.6) is 11.8 Å². The highest BCUT2D eigenvalue weighted by Gasteiger charge is 2.30. The zero-order chi connectivity index (χ0) is 26.9. The molecule has 0 spiro atoms. The first-order chi connectivity index (χ1) is 19.0. The van der Waals surface area contributed by atoms with Gasteiger partial charge in [-0.3, -0.25) is 4.90 Å². The summed E-state index contributed by atoms with van der Waals surface area (Å²) in [5.41, 5.74) is 3.16. The second-order valence-electron chi connectivity index (χ2n) is 11.0. The first-order valence-corrected chi connectivity index (χ1v) is 14.0. The van der Waals surface area contributed by atoms with Gasteiger partial charge in [-0.05, 0) is 44.0 Å². The molecule has 2 N–H and O–H groups in total. The highest BCUT2D eigenvalue weighted by atomic mass is 16.5. The van der Waals surface area contributed by atoms with Crippen molar-refractivity contribution in [1.29, 1.82) is 0 Å². The lowest BCUT2D eigenvalue weighted by Crippen LogP contribution is -2.50. The van der Waals surface area contributed by atoms with E-state index in [-0.39, 0.29) is 5.75 Å². The fraction of sp³-hybridized carbons (Fsp3) is 0.467. The van der Waals surface area contributed by atoms with E-state index >= 15 is 0 Å². The van der Waals surface area contributed by atoms with Gasteiger partial charge in [-0.25, -0.2) is 0 Å². The van der Waals surface area contributed by atoms with Gasteiger partial charge in [0.05, 0.1) is 18.8 Å². The molecule has 0 aliphatic carbocycles. The summed E-state index contributed by atoms with van der Waals surface area (Å²) in [6.45, 7) is 10.9. The minimum absolute atomic E-state index is 0.267. The summed E-state index contributed by atoms with van der Waals surface area (Å²) in [4.78, 5) is 18.9. The molecule has 0 amide bonds. The number of anilines is 2. The van der Waals surface area contributed by atoms with Crippen LogP contribution in [0, 0.1) is 5.92 Å². The van der Waals surface area contributed by atoms with Gasteiger partial charge in [-0.2, -0.15) is 9.97 Å². The van der Waals surface area contributed by atoms with Crippen LogP contribution in [-0.2, 0) is 13.0 Å². The predicted molar refractivity (Wildman–Crippen MR) is 153 cm³/mol.